The number of imidazole rings is 2. The maximum absolute atomic E-state index is 15.1. The van der Waals surface area contributed by atoms with Crippen LogP contribution in [0, 0.1) is 0 Å². The summed E-state index contributed by atoms with van der Waals surface area (Å²) in [5.74, 6) is 0.843. The fourth-order valence-electron chi connectivity index (χ4n) is 13.7. The van der Waals surface area contributed by atoms with Gasteiger partial charge in [0.15, 0.2) is 11.3 Å². The van der Waals surface area contributed by atoms with Gasteiger partial charge in [-0.2, -0.15) is 23.1 Å². The summed E-state index contributed by atoms with van der Waals surface area (Å²) in [6.07, 6.45) is 3.28. The van der Waals surface area contributed by atoms with Gasteiger partial charge in [0.1, 0.15) is 11.0 Å². The van der Waals surface area contributed by atoms with Gasteiger partial charge in [0.05, 0.1) is 37.1 Å². The zero-order valence-corrected chi connectivity index (χ0v) is 43.2. The van der Waals surface area contributed by atoms with Crippen molar-refractivity contribution in [3.63, 3.8) is 0 Å². The number of likely N-dealkylation sites (N-methyl/N-ethyl adjacent to an activating group) is 3. The Balaban J connectivity index is 0.776. The summed E-state index contributed by atoms with van der Waals surface area (Å²) in [6, 6.07) is 14.5. The molecule has 18 nitrogen and oxygen atoms in total. The highest BCUT2D eigenvalue weighted by molar-refractivity contribution is 5.73. The van der Waals surface area contributed by atoms with E-state index in [1.165, 1.54) is 30.7 Å². The van der Waals surface area contributed by atoms with E-state index in [0.717, 1.165) is 57.7 Å². The topological polar surface area (TPSA) is 149 Å². The average molecular weight is 1020 g/mol. The van der Waals surface area contributed by atoms with E-state index in [4.69, 9.17) is 9.97 Å². The Bertz CT molecular complexity index is 3160. The first kappa shape index (κ1) is 49.0. The molecule has 21 heteroatoms. The second-order valence-electron chi connectivity index (χ2n) is 21.9. The third-order valence-electron chi connectivity index (χ3n) is 17.5. The third-order valence-corrected chi connectivity index (χ3v) is 17.5. The van der Waals surface area contributed by atoms with E-state index < -0.39 is 17.8 Å². The normalized spacial score (nSPS) is 25.4. The number of halogens is 3. The Morgan fingerprint density at radius 3 is 1.69 bits per heavy atom. The van der Waals surface area contributed by atoms with Crippen LogP contribution in [0.4, 0.5) is 30.8 Å². The SMILES string of the molecule is CCNc1ncc2c(n1)n(Cc1ccc(C(F)(F)F)c(C3C4CC(CN4CCCn4c(=O)n(Cc5ccc(N6CC7CC6CN7C)cc5)c5nc(NCC)ncc54)N3C)c1)c(=O)n2CCCN1CC2CC1CN2C. The Labute approximate surface area is 428 Å². The number of benzene rings is 2. The minimum absolute atomic E-state index is 0.0529. The molecule has 0 spiro atoms. The number of aryl methyl sites for hydroxylation is 2. The van der Waals surface area contributed by atoms with Crippen LogP contribution >= 0.6 is 0 Å². The van der Waals surface area contributed by atoms with Gasteiger partial charge in [-0.1, -0.05) is 24.3 Å². The van der Waals surface area contributed by atoms with Crippen LogP contribution in [0.3, 0.4) is 0 Å². The summed E-state index contributed by atoms with van der Waals surface area (Å²) in [7, 11) is 6.32. The predicted molar refractivity (Wildman–Crippen MR) is 280 cm³/mol. The Morgan fingerprint density at radius 2 is 1.16 bits per heavy atom. The lowest BCUT2D eigenvalue weighted by Gasteiger charge is -2.40. The van der Waals surface area contributed by atoms with Crippen LogP contribution in [0.5, 0.6) is 0 Å². The number of nitrogens with one attached hydrogen (secondary N) is 2. The zero-order chi connectivity index (χ0) is 51.2. The number of anilines is 3. The molecule has 394 valence electrons. The summed E-state index contributed by atoms with van der Waals surface area (Å²) in [6.45, 7) is 12.8. The van der Waals surface area contributed by atoms with Gasteiger partial charge in [-0.3, -0.25) is 37.9 Å². The van der Waals surface area contributed by atoms with Gasteiger partial charge in [-0.25, -0.2) is 19.6 Å². The van der Waals surface area contributed by atoms with Crippen LogP contribution in [0.15, 0.2) is 64.4 Å². The first-order valence-corrected chi connectivity index (χ1v) is 26.8. The minimum Gasteiger partial charge on any atom is -0.366 e. The smallest absolute Gasteiger partial charge is 0.366 e. The Morgan fingerprint density at radius 1 is 0.608 bits per heavy atom. The van der Waals surface area contributed by atoms with Gasteiger partial charge < -0.3 is 20.4 Å². The van der Waals surface area contributed by atoms with Crippen molar-refractivity contribution in [2.75, 3.05) is 95.6 Å². The van der Waals surface area contributed by atoms with Gasteiger partial charge in [-0.15, -0.1) is 0 Å². The molecule has 6 aromatic rings. The number of aromatic nitrogens is 8. The molecule has 0 saturated carbocycles. The van der Waals surface area contributed by atoms with Crippen molar-refractivity contribution >= 4 is 39.9 Å². The predicted octanol–water partition coefficient (Wildman–Crippen LogP) is 4.67. The number of rotatable bonds is 18. The summed E-state index contributed by atoms with van der Waals surface area (Å²) >= 11 is 0. The summed E-state index contributed by atoms with van der Waals surface area (Å²) < 4.78 is 52.2. The number of nitrogens with zero attached hydrogens (tertiary/aromatic N) is 14. The molecule has 74 heavy (non-hydrogen) atoms. The van der Waals surface area contributed by atoms with E-state index in [9.17, 15) is 9.59 Å². The molecule has 12 rings (SSSR count). The van der Waals surface area contributed by atoms with Crippen LogP contribution in [-0.4, -0.2) is 179 Å². The Kier molecular flexibility index (Phi) is 12.8. The molecule has 4 aromatic heterocycles. The summed E-state index contributed by atoms with van der Waals surface area (Å²) in [4.78, 5) is 61.8. The number of hydrogen-bond donors (Lipinski definition) is 2. The minimum atomic E-state index is -4.59. The zero-order valence-electron chi connectivity index (χ0n) is 43.2. The lowest BCUT2D eigenvalue weighted by Crippen LogP contribution is -2.47. The van der Waals surface area contributed by atoms with Gasteiger partial charge in [-0.05, 0) is 102 Å². The molecule has 2 N–H and O–H groups in total. The van der Waals surface area contributed by atoms with Crippen molar-refractivity contribution in [2.24, 2.45) is 0 Å². The second-order valence-corrected chi connectivity index (χ2v) is 21.9. The highest BCUT2D eigenvalue weighted by atomic mass is 19.4. The Hall–Kier alpha value is -5.87. The summed E-state index contributed by atoms with van der Waals surface area (Å²) in [5, 5.41) is 6.35. The molecule has 6 fully saturated rings. The molecule has 0 amide bonds. The van der Waals surface area contributed by atoms with Crippen LogP contribution in [0.1, 0.15) is 74.2 Å². The van der Waals surface area contributed by atoms with Gasteiger partial charge in [0.25, 0.3) is 0 Å². The molecule has 0 radical (unpaired) electrons. The molecule has 2 aromatic carbocycles. The van der Waals surface area contributed by atoms with Crippen molar-refractivity contribution in [1.29, 1.82) is 0 Å². The quantitative estimate of drug-likeness (QED) is 0.123. The fraction of sp³-hybridized carbons (Fsp3) is 0.585. The molecule has 0 aliphatic carbocycles. The van der Waals surface area contributed by atoms with Crippen molar-refractivity contribution in [2.45, 2.75) is 121 Å². The van der Waals surface area contributed by atoms with E-state index in [0.29, 0.717) is 110 Å². The van der Waals surface area contributed by atoms with E-state index in [-0.39, 0.29) is 35.6 Å². The van der Waals surface area contributed by atoms with Crippen molar-refractivity contribution in [3.8, 4) is 0 Å². The first-order valence-electron chi connectivity index (χ1n) is 26.8. The van der Waals surface area contributed by atoms with Crippen molar-refractivity contribution in [1.82, 2.24) is 62.7 Å². The number of likely N-dealkylation sites (tertiary alicyclic amines) is 5. The first-order chi connectivity index (χ1) is 35.7. The molecule has 6 saturated heterocycles. The maximum atomic E-state index is 15.1. The fourth-order valence-corrected chi connectivity index (χ4v) is 13.7. The lowest BCUT2D eigenvalue weighted by molar-refractivity contribution is -0.139. The lowest BCUT2D eigenvalue weighted by atomic mass is 9.92. The van der Waals surface area contributed by atoms with Gasteiger partial charge >= 0.3 is 17.6 Å². The second kappa shape index (κ2) is 19.4. The van der Waals surface area contributed by atoms with Crippen LogP contribution in [0.25, 0.3) is 22.3 Å². The standard InChI is InChI=1S/C53H69F3N16O2/c1-6-57-49-59-24-44-47(61-49)71(26-33-10-13-35(14-11-33)70-32-37-22-40(70)29-64(37)4)51(73)69(44)19-9-17-67-31-38-23-43(67)46(65(38)5)41-20-34(12-15-42(41)53(54,55)56)27-72-48-45(25-60-50(62-48)58-7-2)68(52(72)74)18-8-16-66-30-36-21-39(66)28-63(36)3/h10-15,20,24-25,36-40,43,46H,6-9,16-19,21-23,26-32H2,1-5H3,(H,57,59,61)(H,58,60,62). The average Bonchev–Trinajstić information content (AvgIpc) is 4.30. The molecule has 6 bridgehead atoms. The van der Waals surface area contributed by atoms with E-state index in [1.807, 2.05) is 20.9 Å². The van der Waals surface area contributed by atoms with Crippen molar-refractivity contribution < 1.29 is 13.2 Å². The molecule has 6 aliphatic heterocycles. The number of fused-ring (bicyclic) bond motifs is 8. The molecular weight excluding hydrogens is 950 g/mol. The largest absolute Gasteiger partial charge is 0.416 e. The molecule has 10 heterocycles. The highest BCUT2D eigenvalue weighted by Crippen LogP contribution is 2.47. The monoisotopic (exact) mass is 1020 g/mol. The van der Waals surface area contributed by atoms with E-state index in [1.54, 1.807) is 36.7 Å². The number of hydrogen-bond acceptors (Lipinski definition) is 14. The van der Waals surface area contributed by atoms with E-state index >= 15 is 13.2 Å². The van der Waals surface area contributed by atoms with E-state index in [2.05, 4.69) is 88.4 Å². The van der Waals surface area contributed by atoms with Crippen LogP contribution in [-0.2, 0) is 32.4 Å². The van der Waals surface area contributed by atoms with Crippen molar-refractivity contribution in [3.05, 3.63) is 98.1 Å². The van der Waals surface area contributed by atoms with Gasteiger partial charge in [0, 0.05) is 114 Å². The summed E-state index contributed by atoms with van der Waals surface area (Å²) in [5.41, 5.74) is 4.17. The van der Waals surface area contributed by atoms with Gasteiger partial charge in [0.2, 0.25) is 11.9 Å². The molecule has 7 atom stereocenters. The van der Waals surface area contributed by atoms with Crippen LogP contribution < -0.4 is 26.9 Å². The molecule has 6 aliphatic rings. The maximum Gasteiger partial charge on any atom is 0.416 e. The molecule has 7 unspecified atom stereocenters. The number of piperazine rings is 3. The highest BCUT2D eigenvalue weighted by Gasteiger charge is 2.51. The molecular formula is C53H69F3N16O2. The van der Waals surface area contributed by atoms with Crippen LogP contribution in [0.2, 0.25) is 0 Å². The third kappa shape index (κ3) is 8.74. The number of alkyl halides is 3.